The van der Waals surface area contributed by atoms with Crippen LogP contribution in [0.5, 0.6) is 5.75 Å². The summed E-state index contributed by atoms with van der Waals surface area (Å²) >= 11 is 0. The van der Waals surface area contributed by atoms with Crippen LogP contribution >= 0.6 is 0 Å². The fourth-order valence-corrected chi connectivity index (χ4v) is 3.62. The SMILES string of the molecule is COc1ccccc1CC1C(=NO)C2CC[NH+]1CC2.[Cl-]. The Balaban J connectivity index is 0.00000147. The van der Waals surface area contributed by atoms with Gasteiger partial charge in [0.1, 0.15) is 17.5 Å². The van der Waals surface area contributed by atoms with E-state index >= 15 is 0 Å². The van der Waals surface area contributed by atoms with Crippen molar-refractivity contribution in [1.82, 2.24) is 0 Å². The lowest BCUT2D eigenvalue weighted by Crippen LogP contribution is -3.20. The standard InChI is InChI=1S/C15H20N2O2.ClH/c1-19-14-5-3-2-4-12(14)10-13-15(16-18)11-6-8-17(13)9-7-11;/h2-5,11,13,18H,6-10H2,1H3;1H. The van der Waals surface area contributed by atoms with Crippen molar-refractivity contribution in [3.05, 3.63) is 29.8 Å². The van der Waals surface area contributed by atoms with Crippen LogP contribution < -0.4 is 22.0 Å². The molecule has 3 fully saturated rings. The summed E-state index contributed by atoms with van der Waals surface area (Å²) in [7, 11) is 1.71. The van der Waals surface area contributed by atoms with Crippen LogP contribution in [0.25, 0.3) is 0 Å². The Kier molecular flexibility index (Phi) is 4.89. The van der Waals surface area contributed by atoms with Crippen molar-refractivity contribution in [3.63, 3.8) is 0 Å². The Morgan fingerprint density at radius 1 is 1.30 bits per heavy atom. The molecule has 1 aromatic carbocycles. The minimum atomic E-state index is 0. The Morgan fingerprint density at radius 2 is 2.00 bits per heavy atom. The van der Waals surface area contributed by atoms with Crippen LogP contribution in [0.2, 0.25) is 0 Å². The minimum Gasteiger partial charge on any atom is -1.00 e. The number of hydrogen-bond acceptors (Lipinski definition) is 3. The molecule has 0 spiro atoms. The molecule has 5 heteroatoms. The molecule has 1 aromatic rings. The van der Waals surface area contributed by atoms with Crippen LogP contribution in [0.4, 0.5) is 0 Å². The smallest absolute Gasteiger partial charge is 0.134 e. The number of oxime groups is 1. The van der Waals surface area contributed by atoms with E-state index in [1.165, 1.54) is 18.7 Å². The molecule has 1 atom stereocenters. The number of piperidine rings is 3. The Morgan fingerprint density at radius 3 is 2.65 bits per heavy atom. The molecule has 3 saturated heterocycles. The van der Waals surface area contributed by atoms with E-state index in [1.807, 2.05) is 18.2 Å². The van der Waals surface area contributed by atoms with Gasteiger partial charge in [0.05, 0.1) is 20.2 Å². The average molecular weight is 297 g/mol. The highest BCUT2D eigenvalue weighted by molar-refractivity contribution is 5.91. The summed E-state index contributed by atoms with van der Waals surface area (Å²) < 4.78 is 5.42. The van der Waals surface area contributed by atoms with Crippen molar-refractivity contribution < 1.29 is 27.3 Å². The highest BCUT2D eigenvalue weighted by Gasteiger charge is 2.43. The van der Waals surface area contributed by atoms with E-state index < -0.39 is 0 Å². The number of nitrogens with one attached hydrogen (secondary N) is 1. The molecule has 3 aliphatic rings. The van der Waals surface area contributed by atoms with Crippen LogP contribution in [0.15, 0.2) is 29.4 Å². The highest BCUT2D eigenvalue weighted by atomic mass is 35.5. The quantitative estimate of drug-likeness (QED) is 0.489. The third-order valence-electron chi connectivity index (χ3n) is 4.63. The molecule has 0 aliphatic carbocycles. The first kappa shape index (κ1) is 15.1. The molecule has 4 nitrogen and oxygen atoms in total. The maximum absolute atomic E-state index is 9.33. The molecule has 20 heavy (non-hydrogen) atoms. The number of halogens is 1. The van der Waals surface area contributed by atoms with Gasteiger partial charge in [-0.15, -0.1) is 0 Å². The lowest BCUT2D eigenvalue weighted by molar-refractivity contribution is -0.926. The van der Waals surface area contributed by atoms with Gasteiger partial charge in [-0.25, -0.2) is 0 Å². The normalized spacial score (nSPS) is 30.1. The monoisotopic (exact) mass is 296 g/mol. The number of ether oxygens (including phenoxy) is 1. The molecule has 3 heterocycles. The molecule has 0 amide bonds. The zero-order valence-electron chi connectivity index (χ0n) is 11.7. The summed E-state index contributed by atoms with van der Waals surface area (Å²) in [5.74, 6) is 1.42. The van der Waals surface area contributed by atoms with Crippen LogP contribution in [0.3, 0.4) is 0 Å². The first-order chi connectivity index (χ1) is 9.33. The topological polar surface area (TPSA) is 46.3 Å². The van der Waals surface area contributed by atoms with Gasteiger partial charge in [-0.1, -0.05) is 23.4 Å². The van der Waals surface area contributed by atoms with Gasteiger partial charge in [-0.05, 0) is 6.07 Å². The number of benzene rings is 1. The van der Waals surface area contributed by atoms with Gasteiger partial charge in [-0.2, -0.15) is 0 Å². The Hall–Kier alpha value is -1.26. The number of methoxy groups -OCH3 is 1. The summed E-state index contributed by atoms with van der Waals surface area (Å²) in [5.41, 5.74) is 2.20. The van der Waals surface area contributed by atoms with Gasteiger partial charge in [-0.3, -0.25) is 0 Å². The zero-order chi connectivity index (χ0) is 13.2. The third-order valence-corrected chi connectivity index (χ3v) is 4.63. The number of rotatable bonds is 3. The van der Waals surface area contributed by atoms with E-state index in [4.69, 9.17) is 4.74 Å². The fourth-order valence-electron chi connectivity index (χ4n) is 3.62. The molecule has 0 saturated carbocycles. The number of nitrogens with zero attached hydrogens (tertiary/aromatic N) is 1. The predicted molar refractivity (Wildman–Crippen MR) is 73.1 cm³/mol. The van der Waals surface area contributed by atoms with Crippen molar-refractivity contribution in [1.29, 1.82) is 0 Å². The van der Waals surface area contributed by atoms with Crippen molar-refractivity contribution in [3.8, 4) is 5.75 Å². The van der Waals surface area contributed by atoms with Crippen LogP contribution in [-0.4, -0.2) is 37.2 Å². The number of hydrogen-bond donors (Lipinski definition) is 2. The van der Waals surface area contributed by atoms with Crippen molar-refractivity contribution >= 4 is 5.71 Å². The molecule has 2 bridgehead atoms. The summed E-state index contributed by atoms with van der Waals surface area (Å²) in [6, 6.07) is 8.45. The van der Waals surface area contributed by atoms with Gasteiger partial charge in [0.2, 0.25) is 0 Å². The maximum atomic E-state index is 9.33. The highest BCUT2D eigenvalue weighted by Crippen LogP contribution is 2.24. The average Bonchev–Trinajstić information content (AvgIpc) is 2.49. The molecule has 110 valence electrons. The molecule has 0 radical (unpaired) electrons. The number of quaternary nitrogens is 1. The summed E-state index contributed by atoms with van der Waals surface area (Å²) in [5, 5.41) is 12.9. The van der Waals surface area contributed by atoms with E-state index in [2.05, 4.69) is 11.2 Å². The van der Waals surface area contributed by atoms with Gasteiger partial charge >= 0.3 is 0 Å². The zero-order valence-corrected chi connectivity index (χ0v) is 12.4. The molecule has 2 N–H and O–H groups in total. The predicted octanol–water partition coefficient (Wildman–Crippen LogP) is -2.25. The molecule has 3 aliphatic heterocycles. The fraction of sp³-hybridized carbons (Fsp3) is 0.533. The first-order valence-corrected chi connectivity index (χ1v) is 7.01. The number of fused-ring (bicyclic) bond motifs is 3. The molecule has 1 unspecified atom stereocenters. The van der Waals surface area contributed by atoms with E-state index in [0.29, 0.717) is 12.0 Å². The molecule has 4 rings (SSSR count). The lowest BCUT2D eigenvalue weighted by atomic mass is 9.79. The second-order valence-electron chi connectivity index (χ2n) is 5.53. The van der Waals surface area contributed by atoms with Gasteiger partial charge in [0.15, 0.2) is 0 Å². The van der Waals surface area contributed by atoms with Gasteiger partial charge < -0.3 is 27.3 Å². The second kappa shape index (κ2) is 6.46. The molecular formula is C15H21ClN2O2. The third kappa shape index (κ3) is 2.63. The number of para-hydroxylation sites is 1. The van der Waals surface area contributed by atoms with Crippen molar-refractivity contribution in [2.75, 3.05) is 20.2 Å². The van der Waals surface area contributed by atoms with Crippen LogP contribution in [0, 0.1) is 5.92 Å². The minimum absolute atomic E-state index is 0. The first-order valence-electron chi connectivity index (χ1n) is 7.01. The van der Waals surface area contributed by atoms with Gasteiger partial charge in [0, 0.05) is 30.7 Å². The largest absolute Gasteiger partial charge is 1.00 e. The summed E-state index contributed by atoms with van der Waals surface area (Å²) in [6.07, 6.45) is 3.23. The summed E-state index contributed by atoms with van der Waals surface area (Å²) in [6.45, 7) is 2.40. The van der Waals surface area contributed by atoms with E-state index in [-0.39, 0.29) is 12.4 Å². The van der Waals surface area contributed by atoms with E-state index in [0.717, 1.165) is 30.7 Å². The van der Waals surface area contributed by atoms with Crippen molar-refractivity contribution in [2.45, 2.75) is 25.3 Å². The van der Waals surface area contributed by atoms with Crippen LogP contribution in [0.1, 0.15) is 18.4 Å². The van der Waals surface area contributed by atoms with E-state index in [1.54, 1.807) is 12.0 Å². The van der Waals surface area contributed by atoms with Gasteiger partial charge in [0.25, 0.3) is 0 Å². The molecular weight excluding hydrogens is 276 g/mol. The second-order valence-corrected chi connectivity index (χ2v) is 5.53. The Labute approximate surface area is 125 Å². The van der Waals surface area contributed by atoms with Crippen LogP contribution in [-0.2, 0) is 6.42 Å². The van der Waals surface area contributed by atoms with E-state index in [9.17, 15) is 5.21 Å². The maximum Gasteiger partial charge on any atom is 0.134 e. The summed E-state index contributed by atoms with van der Waals surface area (Å²) in [4.78, 5) is 1.56. The van der Waals surface area contributed by atoms with Crippen molar-refractivity contribution in [2.24, 2.45) is 11.1 Å². The Bertz CT molecular complexity index is 485. The lowest BCUT2D eigenvalue weighted by Gasteiger charge is -2.42. The molecule has 0 aromatic heterocycles.